The molecule has 1 aliphatic heterocycles. The number of carbonyl (C=O) groups excluding carboxylic acids is 1. The predicted molar refractivity (Wildman–Crippen MR) is 100.0 cm³/mol. The lowest BCUT2D eigenvalue weighted by Crippen LogP contribution is -2.23. The van der Waals surface area contributed by atoms with E-state index in [0.29, 0.717) is 26.3 Å². The molecule has 1 saturated heterocycles. The minimum absolute atomic E-state index is 0.00522. The number of nitrogens with zero attached hydrogens (tertiary/aromatic N) is 3. The quantitative estimate of drug-likeness (QED) is 0.451. The highest BCUT2D eigenvalue weighted by Crippen LogP contribution is 2.34. The molecule has 2 aromatic rings. The van der Waals surface area contributed by atoms with Gasteiger partial charge in [0.25, 0.3) is 11.6 Å². The molecule has 1 amide bonds. The highest BCUT2D eigenvalue weighted by Gasteiger charge is 2.30. The molecule has 126 valence electrons. The van der Waals surface area contributed by atoms with Gasteiger partial charge in [-0.3, -0.25) is 19.8 Å². The van der Waals surface area contributed by atoms with E-state index in [1.54, 1.807) is 37.4 Å². The summed E-state index contributed by atoms with van der Waals surface area (Å²) in [5.41, 5.74) is 1.29. The van der Waals surface area contributed by atoms with E-state index < -0.39 is 4.92 Å². The summed E-state index contributed by atoms with van der Waals surface area (Å²) in [5.74, 6) is -0.186. The molecule has 0 N–H and O–H groups in total. The lowest BCUT2D eigenvalue weighted by atomic mass is 10.2. The molecule has 0 spiro atoms. The van der Waals surface area contributed by atoms with E-state index in [0.717, 1.165) is 0 Å². The number of likely N-dealkylation sites (N-methyl/N-ethyl adjacent to an activating group) is 1. The Morgan fingerprint density at radius 2 is 1.88 bits per heavy atom. The third-order valence-corrected chi connectivity index (χ3v) is 4.85. The van der Waals surface area contributed by atoms with Crippen molar-refractivity contribution in [2.24, 2.45) is 4.99 Å². The highest BCUT2D eigenvalue weighted by atomic mass is 35.5. The maximum absolute atomic E-state index is 12.4. The number of amides is 1. The molecular formula is C17H12ClN3O3S. The summed E-state index contributed by atoms with van der Waals surface area (Å²) in [6.45, 7) is 0. The summed E-state index contributed by atoms with van der Waals surface area (Å²) in [4.78, 5) is 29.0. The Morgan fingerprint density at radius 1 is 1.20 bits per heavy atom. The molecular weight excluding hydrogens is 362 g/mol. The molecule has 0 saturated carbocycles. The van der Waals surface area contributed by atoms with Gasteiger partial charge in [-0.2, -0.15) is 0 Å². The second-order valence-electron chi connectivity index (χ2n) is 5.17. The van der Waals surface area contributed by atoms with E-state index >= 15 is 0 Å². The number of aliphatic imine (C=N–C) groups is 1. The molecule has 0 bridgehead atoms. The van der Waals surface area contributed by atoms with Crippen LogP contribution < -0.4 is 0 Å². The summed E-state index contributed by atoms with van der Waals surface area (Å²) in [6, 6.07) is 13.1. The van der Waals surface area contributed by atoms with Gasteiger partial charge in [0, 0.05) is 19.2 Å². The maximum Gasteiger partial charge on any atom is 0.269 e. The third kappa shape index (κ3) is 3.72. The summed E-state index contributed by atoms with van der Waals surface area (Å²) >= 11 is 7.33. The number of benzene rings is 2. The Balaban J connectivity index is 1.88. The van der Waals surface area contributed by atoms with Crippen LogP contribution in [0.15, 0.2) is 58.4 Å². The van der Waals surface area contributed by atoms with Crippen molar-refractivity contribution in [3.8, 4) is 0 Å². The van der Waals surface area contributed by atoms with Crippen LogP contribution in [0.2, 0.25) is 5.02 Å². The number of hydrogen-bond donors (Lipinski definition) is 0. The average molecular weight is 374 g/mol. The Kier molecular flexibility index (Phi) is 4.87. The van der Waals surface area contributed by atoms with Gasteiger partial charge in [-0.1, -0.05) is 23.7 Å². The molecule has 6 nitrogen and oxygen atoms in total. The van der Waals surface area contributed by atoms with Crippen LogP contribution in [0.25, 0.3) is 6.08 Å². The molecule has 2 aromatic carbocycles. The molecule has 25 heavy (non-hydrogen) atoms. The average Bonchev–Trinajstić information content (AvgIpc) is 2.85. The molecule has 1 aliphatic rings. The molecule has 0 atom stereocenters. The Hall–Kier alpha value is -2.64. The van der Waals surface area contributed by atoms with Gasteiger partial charge in [0.05, 0.1) is 20.5 Å². The maximum atomic E-state index is 12.4. The predicted octanol–water partition coefficient (Wildman–Crippen LogP) is 4.48. The first-order chi connectivity index (χ1) is 12.0. The van der Waals surface area contributed by atoms with Gasteiger partial charge in [0.1, 0.15) is 0 Å². The van der Waals surface area contributed by atoms with Crippen molar-refractivity contribution in [2.75, 3.05) is 7.05 Å². The number of non-ortho nitro benzene ring substituents is 1. The van der Waals surface area contributed by atoms with Gasteiger partial charge in [-0.05, 0) is 47.7 Å². The molecule has 1 heterocycles. The topological polar surface area (TPSA) is 75.8 Å². The Labute approximate surface area is 153 Å². The lowest BCUT2D eigenvalue weighted by molar-refractivity contribution is -0.384. The molecule has 3 rings (SSSR count). The minimum Gasteiger partial charge on any atom is -0.290 e. The van der Waals surface area contributed by atoms with Crippen LogP contribution >= 0.6 is 23.4 Å². The standard InChI is InChI=1S/C17H12ClN3O3S/c1-20-16(22)15(10-11-6-8-12(9-7-11)21(23)24)25-17(20)19-14-5-3-2-4-13(14)18/h2-10H,1H3/b15-10+,19-17?. The molecule has 0 radical (unpaired) electrons. The van der Waals surface area contributed by atoms with Crippen molar-refractivity contribution in [1.29, 1.82) is 0 Å². The van der Waals surface area contributed by atoms with Gasteiger partial charge in [0.2, 0.25) is 0 Å². The van der Waals surface area contributed by atoms with Crippen molar-refractivity contribution in [1.82, 2.24) is 4.90 Å². The zero-order valence-corrected chi connectivity index (χ0v) is 14.6. The van der Waals surface area contributed by atoms with Crippen molar-refractivity contribution in [3.05, 3.63) is 74.1 Å². The number of para-hydroxylation sites is 1. The summed E-state index contributed by atoms with van der Waals surface area (Å²) in [5, 5.41) is 11.7. The first-order valence-electron chi connectivity index (χ1n) is 7.21. The number of nitro benzene ring substituents is 1. The molecule has 0 aliphatic carbocycles. The lowest BCUT2D eigenvalue weighted by Gasteiger charge is -2.07. The van der Waals surface area contributed by atoms with Crippen molar-refractivity contribution in [2.45, 2.75) is 0 Å². The first-order valence-corrected chi connectivity index (χ1v) is 8.40. The summed E-state index contributed by atoms with van der Waals surface area (Å²) < 4.78 is 0. The molecule has 1 fully saturated rings. The van der Waals surface area contributed by atoms with Crippen LogP contribution in [-0.2, 0) is 4.79 Å². The van der Waals surface area contributed by atoms with Crippen LogP contribution in [0.3, 0.4) is 0 Å². The number of nitro groups is 1. The Morgan fingerprint density at radius 3 is 2.52 bits per heavy atom. The van der Waals surface area contributed by atoms with Crippen molar-refractivity contribution >= 4 is 51.9 Å². The molecule has 0 aromatic heterocycles. The normalized spacial score (nSPS) is 17.5. The SMILES string of the molecule is CN1C(=O)/C(=C\c2ccc([N+](=O)[O-])cc2)SC1=Nc1ccccc1Cl. The summed E-state index contributed by atoms with van der Waals surface area (Å²) in [6.07, 6.45) is 1.68. The number of hydrogen-bond acceptors (Lipinski definition) is 5. The van der Waals surface area contributed by atoms with Gasteiger partial charge in [-0.15, -0.1) is 0 Å². The minimum atomic E-state index is -0.464. The second-order valence-corrected chi connectivity index (χ2v) is 6.59. The van der Waals surface area contributed by atoms with Gasteiger partial charge < -0.3 is 0 Å². The zero-order chi connectivity index (χ0) is 18.0. The molecule has 0 unspecified atom stereocenters. The van der Waals surface area contributed by atoms with Gasteiger partial charge in [0.15, 0.2) is 5.17 Å². The van der Waals surface area contributed by atoms with Crippen LogP contribution in [0.5, 0.6) is 0 Å². The number of carbonyl (C=O) groups is 1. The number of halogens is 1. The monoisotopic (exact) mass is 373 g/mol. The Bertz CT molecular complexity index is 910. The highest BCUT2D eigenvalue weighted by molar-refractivity contribution is 8.18. The van der Waals surface area contributed by atoms with Crippen LogP contribution in [0.4, 0.5) is 11.4 Å². The number of thioether (sulfide) groups is 1. The van der Waals surface area contributed by atoms with E-state index in [1.165, 1.54) is 28.8 Å². The van der Waals surface area contributed by atoms with Gasteiger partial charge in [-0.25, -0.2) is 4.99 Å². The fourth-order valence-electron chi connectivity index (χ4n) is 2.14. The fourth-order valence-corrected chi connectivity index (χ4v) is 3.30. The largest absolute Gasteiger partial charge is 0.290 e. The van der Waals surface area contributed by atoms with Crippen molar-refractivity contribution in [3.63, 3.8) is 0 Å². The van der Waals surface area contributed by atoms with Crippen molar-refractivity contribution < 1.29 is 9.72 Å². The van der Waals surface area contributed by atoms with Crippen LogP contribution in [0, 0.1) is 10.1 Å². The molecule has 8 heteroatoms. The van der Waals surface area contributed by atoms with E-state index in [2.05, 4.69) is 4.99 Å². The smallest absolute Gasteiger partial charge is 0.269 e. The summed E-state index contributed by atoms with van der Waals surface area (Å²) in [7, 11) is 1.64. The number of amidine groups is 1. The van der Waals surface area contributed by atoms with E-state index in [4.69, 9.17) is 11.6 Å². The van der Waals surface area contributed by atoms with E-state index in [1.807, 2.05) is 12.1 Å². The number of rotatable bonds is 3. The first kappa shape index (κ1) is 17.2. The zero-order valence-electron chi connectivity index (χ0n) is 13.0. The van der Waals surface area contributed by atoms with Crippen LogP contribution in [-0.4, -0.2) is 27.9 Å². The van der Waals surface area contributed by atoms with Gasteiger partial charge >= 0.3 is 0 Å². The fraction of sp³-hybridized carbons (Fsp3) is 0.0588. The third-order valence-electron chi connectivity index (χ3n) is 3.47. The second kappa shape index (κ2) is 7.08. The van der Waals surface area contributed by atoms with Crippen LogP contribution in [0.1, 0.15) is 5.56 Å². The van der Waals surface area contributed by atoms with E-state index in [9.17, 15) is 14.9 Å². The van der Waals surface area contributed by atoms with E-state index in [-0.39, 0.29) is 11.6 Å².